The predicted molar refractivity (Wildman–Crippen MR) is 120 cm³/mol. The molecule has 0 unspecified atom stereocenters. The molecule has 0 spiro atoms. The zero-order valence-electron chi connectivity index (χ0n) is 16.1. The molecule has 1 amide bonds. The minimum atomic E-state index is 0.0743. The van der Waals surface area contributed by atoms with Crippen LogP contribution < -0.4 is 5.32 Å². The van der Waals surface area contributed by atoms with Crippen molar-refractivity contribution in [2.24, 2.45) is 0 Å². The number of nitrogens with one attached hydrogen (secondary N) is 1. The molecule has 1 aliphatic rings. The van der Waals surface area contributed by atoms with Crippen LogP contribution in [0.15, 0.2) is 65.1 Å². The van der Waals surface area contributed by atoms with Gasteiger partial charge in [0.1, 0.15) is 0 Å². The fourth-order valence-corrected chi connectivity index (χ4v) is 3.92. The summed E-state index contributed by atoms with van der Waals surface area (Å²) in [5.41, 5.74) is 3.32. The van der Waals surface area contributed by atoms with Crippen LogP contribution in [-0.4, -0.2) is 23.4 Å². The Balaban J connectivity index is 1.40. The molecule has 3 nitrogen and oxygen atoms in total. The Hall–Kier alpha value is -2.17. The van der Waals surface area contributed by atoms with Gasteiger partial charge in [-0.15, -0.1) is 0 Å². The van der Waals surface area contributed by atoms with Crippen LogP contribution in [-0.2, 0) is 11.3 Å². The monoisotopic (exact) mass is 436 g/mol. The van der Waals surface area contributed by atoms with Crippen LogP contribution in [0.4, 0.5) is 5.69 Å². The average molecular weight is 437 g/mol. The number of fused-ring (bicyclic) bond motifs is 1. The van der Waals surface area contributed by atoms with Crippen molar-refractivity contribution in [1.82, 2.24) is 4.90 Å². The zero-order chi connectivity index (χ0) is 19.5. The van der Waals surface area contributed by atoms with Gasteiger partial charge >= 0.3 is 0 Å². The maximum atomic E-state index is 12.5. The number of amides is 1. The molecular formula is C24H25BrN2O. The molecule has 0 bridgehead atoms. The summed E-state index contributed by atoms with van der Waals surface area (Å²) in [6, 6.07) is 21.6. The molecule has 1 N–H and O–H groups in total. The van der Waals surface area contributed by atoms with E-state index in [0.29, 0.717) is 12.5 Å². The lowest BCUT2D eigenvalue weighted by Gasteiger charge is -2.22. The number of carbonyl (C=O) groups is 1. The summed E-state index contributed by atoms with van der Waals surface area (Å²) in [6.45, 7) is 3.71. The molecule has 4 heteroatoms. The van der Waals surface area contributed by atoms with E-state index in [1.165, 1.54) is 29.2 Å². The summed E-state index contributed by atoms with van der Waals surface area (Å²) in [5, 5.41) is 5.62. The maximum Gasteiger partial charge on any atom is 0.225 e. The van der Waals surface area contributed by atoms with Crippen molar-refractivity contribution in [2.45, 2.75) is 38.8 Å². The van der Waals surface area contributed by atoms with Gasteiger partial charge in [-0.25, -0.2) is 0 Å². The van der Waals surface area contributed by atoms with Crippen LogP contribution >= 0.6 is 15.9 Å². The second kappa shape index (κ2) is 8.46. The van der Waals surface area contributed by atoms with Gasteiger partial charge in [-0.3, -0.25) is 9.69 Å². The van der Waals surface area contributed by atoms with Crippen LogP contribution in [0.1, 0.15) is 30.4 Å². The molecule has 0 heterocycles. The number of hydrogen-bond acceptors (Lipinski definition) is 2. The van der Waals surface area contributed by atoms with E-state index in [1.807, 2.05) is 25.1 Å². The minimum absolute atomic E-state index is 0.0743. The number of hydrogen-bond donors (Lipinski definition) is 1. The lowest BCUT2D eigenvalue weighted by molar-refractivity contribution is -0.116. The van der Waals surface area contributed by atoms with Crippen LogP contribution in [0.3, 0.4) is 0 Å². The number of aryl methyl sites for hydroxylation is 1. The highest BCUT2D eigenvalue weighted by molar-refractivity contribution is 9.10. The van der Waals surface area contributed by atoms with Gasteiger partial charge in [0.05, 0.1) is 0 Å². The highest BCUT2D eigenvalue weighted by atomic mass is 79.9. The van der Waals surface area contributed by atoms with E-state index in [0.717, 1.165) is 28.8 Å². The number of nitrogens with zero attached hydrogens (tertiary/aromatic N) is 1. The van der Waals surface area contributed by atoms with Gasteiger partial charge in [0.2, 0.25) is 5.91 Å². The summed E-state index contributed by atoms with van der Waals surface area (Å²) in [6.07, 6.45) is 2.98. The predicted octanol–water partition coefficient (Wildman–Crippen LogP) is 5.90. The summed E-state index contributed by atoms with van der Waals surface area (Å²) in [7, 11) is 0. The van der Waals surface area contributed by atoms with Gasteiger partial charge in [0, 0.05) is 35.7 Å². The Kier molecular flexibility index (Phi) is 5.79. The van der Waals surface area contributed by atoms with Gasteiger partial charge in [-0.2, -0.15) is 0 Å². The number of anilines is 1. The van der Waals surface area contributed by atoms with Crippen molar-refractivity contribution >= 4 is 38.3 Å². The molecule has 1 fully saturated rings. The first kappa shape index (κ1) is 19.2. The summed E-state index contributed by atoms with van der Waals surface area (Å²) in [4.78, 5) is 14.9. The number of halogens is 1. The number of carbonyl (C=O) groups excluding carboxylic acids is 1. The fraction of sp³-hybridized carbons (Fsp3) is 0.292. The van der Waals surface area contributed by atoms with E-state index in [2.05, 4.69) is 68.6 Å². The van der Waals surface area contributed by atoms with Crippen molar-refractivity contribution < 1.29 is 4.79 Å². The third kappa shape index (κ3) is 4.62. The first-order chi connectivity index (χ1) is 13.6. The lowest BCUT2D eigenvalue weighted by atomic mass is 10.0. The third-order valence-electron chi connectivity index (χ3n) is 5.38. The van der Waals surface area contributed by atoms with Crippen molar-refractivity contribution in [1.29, 1.82) is 0 Å². The zero-order valence-corrected chi connectivity index (χ0v) is 17.7. The first-order valence-corrected chi connectivity index (χ1v) is 10.7. The van der Waals surface area contributed by atoms with Crippen molar-refractivity contribution in [3.8, 4) is 0 Å². The first-order valence-electron chi connectivity index (χ1n) is 9.87. The van der Waals surface area contributed by atoms with Crippen LogP contribution in [0.2, 0.25) is 0 Å². The quantitative estimate of drug-likeness (QED) is 0.499. The van der Waals surface area contributed by atoms with Gasteiger partial charge < -0.3 is 5.32 Å². The van der Waals surface area contributed by atoms with E-state index >= 15 is 0 Å². The van der Waals surface area contributed by atoms with Gasteiger partial charge in [-0.1, -0.05) is 58.4 Å². The highest BCUT2D eigenvalue weighted by Gasteiger charge is 2.29. The molecule has 144 valence electrons. The molecule has 0 saturated heterocycles. The average Bonchev–Trinajstić information content (AvgIpc) is 3.53. The molecule has 0 aliphatic heterocycles. The second-order valence-corrected chi connectivity index (χ2v) is 8.46. The van der Waals surface area contributed by atoms with E-state index in [1.54, 1.807) is 0 Å². The maximum absolute atomic E-state index is 12.5. The number of rotatable bonds is 7. The molecule has 0 atom stereocenters. The summed E-state index contributed by atoms with van der Waals surface area (Å²) < 4.78 is 1.06. The Morgan fingerprint density at radius 3 is 2.68 bits per heavy atom. The van der Waals surface area contributed by atoms with E-state index in [4.69, 9.17) is 0 Å². The highest BCUT2D eigenvalue weighted by Crippen LogP contribution is 2.30. The Morgan fingerprint density at radius 2 is 1.89 bits per heavy atom. The smallest absolute Gasteiger partial charge is 0.225 e. The molecule has 3 aromatic rings. The van der Waals surface area contributed by atoms with E-state index in [9.17, 15) is 4.79 Å². The fourth-order valence-electron chi connectivity index (χ4n) is 3.67. The van der Waals surface area contributed by atoms with Crippen LogP contribution in [0.25, 0.3) is 10.8 Å². The topological polar surface area (TPSA) is 32.3 Å². The molecule has 0 radical (unpaired) electrons. The van der Waals surface area contributed by atoms with E-state index in [-0.39, 0.29) is 5.91 Å². The van der Waals surface area contributed by atoms with Crippen LogP contribution in [0, 0.1) is 6.92 Å². The largest absolute Gasteiger partial charge is 0.326 e. The number of benzene rings is 3. The van der Waals surface area contributed by atoms with Crippen molar-refractivity contribution in [2.75, 3.05) is 11.9 Å². The Labute approximate surface area is 174 Å². The molecule has 1 aliphatic carbocycles. The van der Waals surface area contributed by atoms with Crippen molar-refractivity contribution in [3.05, 3.63) is 76.3 Å². The Bertz CT molecular complexity index is 992. The SMILES string of the molecule is Cc1cc(NC(=O)CCN(Cc2cccc3ccccc23)C2CC2)ccc1Br. The van der Waals surface area contributed by atoms with Gasteiger partial charge in [-0.05, 0) is 59.9 Å². The molecule has 28 heavy (non-hydrogen) atoms. The molecule has 4 rings (SSSR count). The molecule has 1 saturated carbocycles. The van der Waals surface area contributed by atoms with Gasteiger partial charge in [0.15, 0.2) is 0 Å². The van der Waals surface area contributed by atoms with Crippen LogP contribution in [0.5, 0.6) is 0 Å². The molecule has 3 aromatic carbocycles. The Morgan fingerprint density at radius 1 is 1.11 bits per heavy atom. The minimum Gasteiger partial charge on any atom is -0.326 e. The normalized spacial score (nSPS) is 13.8. The molecule has 0 aromatic heterocycles. The van der Waals surface area contributed by atoms with Crippen molar-refractivity contribution in [3.63, 3.8) is 0 Å². The van der Waals surface area contributed by atoms with Gasteiger partial charge in [0.25, 0.3) is 0 Å². The van der Waals surface area contributed by atoms with E-state index < -0.39 is 0 Å². The summed E-state index contributed by atoms with van der Waals surface area (Å²) in [5.74, 6) is 0.0743. The molecular weight excluding hydrogens is 412 g/mol. The lowest BCUT2D eigenvalue weighted by Crippen LogP contribution is -2.29. The second-order valence-electron chi connectivity index (χ2n) is 7.60. The summed E-state index contributed by atoms with van der Waals surface area (Å²) >= 11 is 3.50. The third-order valence-corrected chi connectivity index (χ3v) is 6.27. The standard InChI is InChI=1S/C24H25BrN2O/c1-17-15-20(9-12-23(17)25)26-24(28)13-14-27(21-10-11-21)16-19-7-4-6-18-5-2-3-8-22(18)19/h2-9,12,15,21H,10-11,13-14,16H2,1H3,(H,26,28).